The van der Waals surface area contributed by atoms with E-state index in [1.807, 2.05) is 13.8 Å². The molecule has 2 aromatic rings. The number of carbonyl (C=O) groups is 4. The van der Waals surface area contributed by atoms with E-state index in [0.29, 0.717) is 25.8 Å². The van der Waals surface area contributed by atoms with Crippen molar-refractivity contribution in [2.24, 2.45) is 5.92 Å². The Morgan fingerprint density at radius 2 is 1.71 bits per heavy atom. The molecule has 0 saturated carbocycles. The van der Waals surface area contributed by atoms with E-state index < -0.39 is 35.9 Å². The summed E-state index contributed by atoms with van der Waals surface area (Å²) >= 11 is 0. The van der Waals surface area contributed by atoms with Gasteiger partial charge in [-0.1, -0.05) is 57.2 Å². The second-order valence-electron chi connectivity index (χ2n) is 10.4. The smallest absolute Gasteiger partial charge is 0.322 e. The van der Waals surface area contributed by atoms with Crippen LogP contribution in [0.1, 0.15) is 64.5 Å². The zero-order valence-electron chi connectivity index (χ0n) is 22.8. The van der Waals surface area contributed by atoms with Crippen molar-refractivity contribution in [2.75, 3.05) is 6.54 Å². The Balaban J connectivity index is 1.50. The maximum absolute atomic E-state index is 13.0. The molecule has 9 nitrogen and oxygen atoms in total. The number of benzene rings is 2. The van der Waals surface area contributed by atoms with Crippen molar-refractivity contribution in [3.8, 4) is 0 Å². The summed E-state index contributed by atoms with van der Waals surface area (Å²) < 4.78 is 0. The Hall–Kier alpha value is -3.46. The van der Waals surface area contributed by atoms with E-state index in [0.717, 1.165) is 12.8 Å². The monoisotopic (exact) mass is 524 g/mol. The van der Waals surface area contributed by atoms with Gasteiger partial charge in [0.1, 0.15) is 18.1 Å². The minimum absolute atomic E-state index is 0.181. The molecule has 0 bridgehead atoms. The standard InChI is InChI=1S/C29H40N4O5/c1-5-20-11-13-22-14-12-21(17-23(22)16-20)8-6-10-25(34)31-26(18(2)3)27(35)30-19(4)28(36)33-15-7-9-24(32-33)29(37)38/h11-14,16-19,24,26,32H,5-10,15H2,1-4H3,(H,30,35)(H,31,34)(H,37,38). The first-order chi connectivity index (χ1) is 18.1. The minimum atomic E-state index is -1.02. The van der Waals surface area contributed by atoms with Crippen molar-refractivity contribution in [2.45, 2.75) is 84.3 Å². The molecule has 3 rings (SSSR count). The molecule has 0 aliphatic carbocycles. The van der Waals surface area contributed by atoms with Gasteiger partial charge in [-0.3, -0.25) is 24.2 Å². The van der Waals surface area contributed by atoms with Crippen LogP contribution < -0.4 is 16.1 Å². The highest BCUT2D eigenvalue weighted by molar-refractivity contribution is 5.92. The normalized spacial score (nSPS) is 17.2. The Morgan fingerprint density at radius 3 is 2.37 bits per heavy atom. The van der Waals surface area contributed by atoms with Crippen LogP contribution in [-0.2, 0) is 32.0 Å². The molecule has 2 aromatic carbocycles. The van der Waals surface area contributed by atoms with Gasteiger partial charge in [0.25, 0.3) is 5.91 Å². The van der Waals surface area contributed by atoms with Crippen LogP contribution in [0.3, 0.4) is 0 Å². The van der Waals surface area contributed by atoms with Gasteiger partial charge >= 0.3 is 5.97 Å². The number of nitrogens with zero attached hydrogens (tertiary/aromatic N) is 1. The summed E-state index contributed by atoms with van der Waals surface area (Å²) in [5, 5.41) is 18.4. The molecular weight excluding hydrogens is 484 g/mol. The predicted molar refractivity (Wildman–Crippen MR) is 146 cm³/mol. The fourth-order valence-corrected chi connectivity index (χ4v) is 4.68. The highest BCUT2D eigenvalue weighted by Crippen LogP contribution is 2.19. The summed E-state index contributed by atoms with van der Waals surface area (Å²) in [7, 11) is 0. The van der Waals surface area contributed by atoms with Crippen LogP contribution >= 0.6 is 0 Å². The van der Waals surface area contributed by atoms with Gasteiger partial charge in [0.15, 0.2) is 0 Å². The van der Waals surface area contributed by atoms with Gasteiger partial charge in [0.05, 0.1) is 0 Å². The minimum Gasteiger partial charge on any atom is -0.480 e. The van der Waals surface area contributed by atoms with Crippen molar-refractivity contribution in [1.29, 1.82) is 0 Å². The van der Waals surface area contributed by atoms with Crippen molar-refractivity contribution in [1.82, 2.24) is 21.1 Å². The van der Waals surface area contributed by atoms with E-state index in [2.05, 4.69) is 59.4 Å². The molecule has 1 aliphatic heterocycles. The number of aliphatic carboxylic acids is 1. The Labute approximate surface area is 224 Å². The van der Waals surface area contributed by atoms with E-state index in [1.165, 1.54) is 26.9 Å². The third-order valence-electron chi connectivity index (χ3n) is 6.99. The fourth-order valence-electron chi connectivity index (χ4n) is 4.68. The van der Waals surface area contributed by atoms with E-state index in [-0.39, 0.29) is 18.2 Å². The predicted octanol–water partition coefficient (Wildman–Crippen LogP) is 2.95. The first-order valence-electron chi connectivity index (χ1n) is 13.5. The number of hydrogen-bond donors (Lipinski definition) is 4. The lowest BCUT2D eigenvalue weighted by Crippen LogP contribution is -2.60. The van der Waals surface area contributed by atoms with Crippen LogP contribution in [0.5, 0.6) is 0 Å². The number of hydrazine groups is 1. The number of carbonyl (C=O) groups excluding carboxylic acids is 3. The van der Waals surface area contributed by atoms with E-state index >= 15 is 0 Å². The summed E-state index contributed by atoms with van der Waals surface area (Å²) in [6, 6.07) is 10.4. The molecule has 3 amide bonds. The first-order valence-corrected chi connectivity index (χ1v) is 13.5. The molecule has 206 valence electrons. The zero-order valence-corrected chi connectivity index (χ0v) is 22.8. The third-order valence-corrected chi connectivity index (χ3v) is 6.99. The van der Waals surface area contributed by atoms with Gasteiger partial charge < -0.3 is 15.7 Å². The highest BCUT2D eigenvalue weighted by atomic mass is 16.4. The molecule has 1 fully saturated rings. The molecular formula is C29H40N4O5. The van der Waals surface area contributed by atoms with Gasteiger partial charge in [-0.25, -0.2) is 5.43 Å². The second-order valence-corrected chi connectivity index (χ2v) is 10.4. The summed E-state index contributed by atoms with van der Waals surface area (Å²) in [6.45, 7) is 7.72. The molecule has 3 unspecified atom stereocenters. The maximum atomic E-state index is 13.0. The van der Waals surface area contributed by atoms with Crippen LogP contribution in [0.15, 0.2) is 36.4 Å². The molecule has 38 heavy (non-hydrogen) atoms. The number of aryl methyl sites for hydroxylation is 2. The van der Waals surface area contributed by atoms with E-state index in [9.17, 15) is 24.3 Å². The van der Waals surface area contributed by atoms with Crippen molar-refractivity contribution in [3.63, 3.8) is 0 Å². The molecule has 0 radical (unpaired) electrons. The lowest BCUT2D eigenvalue weighted by Gasteiger charge is -2.34. The number of carboxylic acid groups (broad SMARTS) is 1. The zero-order chi connectivity index (χ0) is 27.8. The molecule has 1 saturated heterocycles. The van der Waals surface area contributed by atoms with Crippen LogP contribution in [0.4, 0.5) is 0 Å². The quantitative estimate of drug-likeness (QED) is 0.358. The topological polar surface area (TPSA) is 128 Å². The first kappa shape index (κ1) is 29.1. The lowest BCUT2D eigenvalue weighted by atomic mass is 10.00. The van der Waals surface area contributed by atoms with Gasteiger partial charge in [-0.2, -0.15) is 0 Å². The van der Waals surface area contributed by atoms with Gasteiger partial charge in [-0.05, 0) is 66.8 Å². The molecule has 0 aromatic heterocycles. The summed E-state index contributed by atoms with van der Waals surface area (Å²) in [6.07, 6.45) is 3.66. The van der Waals surface area contributed by atoms with Crippen molar-refractivity contribution in [3.05, 3.63) is 47.5 Å². The number of fused-ring (bicyclic) bond motifs is 1. The Morgan fingerprint density at radius 1 is 1.03 bits per heavy atom. The largest absolute Gasteiger partial charge is 0.480 e. The Kier molecular flexibility index (Phi) is 10.2. The van der Waals surface area contributed by atoms with Crippen molar-refractivity contribution < 1.29 is 24.3 Å². The number of hydrogen-bond acceptors (Lipinski definition) is 5. The van der Waals surface area contributed by atoms with E-state index in [1.54, 1.807) is 6.92 Å². The maximum Gasteiger partial charge on any atom is 0.322 e. The molecule has 3 atom stereocenters. The highest BCUT2D eigenvalue weighted by Gasteiger charge is 2.32. The number of carboxylic acids is 1. The fraction of sp³-hybridized carbons (Fsp3) is 0.517. The lowest BCUT2D eigenvalue weighted by molar-refractivity contribution is -0.148. The number of amides is 3. The molecule has 9 heteroatoms. The van der Waals surface area contributed by atoms with Crippen molar-refractivity contribution >= 4 is 34.5 Å². The summed E-state index contributed by atoms with van der Waals surface area (Å²) in [4.78, 5) is 49.7. The van der Waals surface area contributed by atoms with Crippen LogP contribution in [0.25, 0.3) is 10.8 Å². The SMILES string of the molecule is CCc1ccc2ccc(CCCC(=O)NC(C(=O)NC(C)C(=O)N3CCCC(C(=O)O)N3)C(C)C)cc2c1. The second kappa shape index (κ2) is 13.4. The van der Waals surface area contributed by atoms with E-state index in [4.69, 9.17) is 0 Å². The third kappa shape index (κ3) is 7.77. The number of rotatable bonds is 11. The summed E-state index contributed by atoms with van der Waals surface area (Å²) in [5.74, 6) is -2.28. The molecule has 4 N–H and O–H groups in total. The molecule has 1 heterocycles. The van der Waals surface area contributed by atoms with Crippen LogP contribution in [0.2, 0.25) is 0 Å². The molecule has 0 spiro atoms. The number of nitrogens with one attached hydrogen (secondary N) is 3. The van der Waals surface area contributed by atoms with Crippen LogP contribution in [-0.4, -0.2) is 58.5 Å². The average molecular weight is 525 g/mol. The Bertz CT molecular complexity index is 1160. The van der Waals surface area contributed by atoms with Gasteiger partial charge in [0.2, 0.25) is 11.8 Å². The van der Waals surface area contributed by atoms with Gasteiger partial charge in [-0.15, -0.1) is 0 Å². The van der Waals surface area contributed by atoms with Gasteiger partial charge in [0, 0.05) is 13.0 Å². The molecule has 1 aliphatic rings. The average Bonchev–Trinajstić information content (AvgIpc) is 2.90. The van der Waals surface area contributed by atoms with Crippen LogP contribution in [0, 0.1) is 5.92 Å². The summed E-state index contributed by atoms with van der Waals surface area (Å²) in [5.41, 5.74) is 5.16.